The molecule has 0 heterocycles. The van der Waals surface area contributed by atoms with E-state index in [1.807, 2.05) is 32.0 Å². The molecule has 0 aromatic heterocycles. The van der Waals surface area contributed by atoms with Crippen molar-refractivity contribution >= 4 is 11.8 Å². The number of amides is 1. The van der Waals surface area contributed by atoms with Crippen molar-refractivity contribution in [1.29, 1.82) is 0 Å². The second-order valence-electron chi connectivity index (χ2n) is 3.48. The third-order valence-electron chi connectivity index (χ3n) is 1.74. The fourth-order valence-electron chi connectivity index (χ4n) is 1.17. The molecule has 1 aromatic carbocycles. The van der Waals surface area contributed by atoms with Crippen LogP contribution in [0.4, 0.5) is 10.5 Å². The molecule has 0 spiro atoms. The summed E-state index contributed by atoms with van der Waals surface area (Å²) < 4.78 is 4.92. The summed E-state index contributed by atoms with van der Waals surface area (Å²) in [5.41, 5.74) is 0.662. The van der Waals surface area contributed by atoms with Crippen LogP contribution in [0.3, 0.4) is 0 Å². The fraction of sp³-hybridized carbons (Fsp3) is 0.417. The average Bonchev–Trinajstić information content (AvgIpc) is 2.27. The number of benzene rings is 1. The quantitative estimate of drug-likeness (QED) is 0.736. The van der Waals surface area contributed by atoms with Crippen LogP contribution in [0.15, 0.2) is 30.3 Å². The van der Waals surface area contributed by atoms with Crippen molar-refractivity contribution in [3.63, 3.8) is 0 Å². The van der Waals surface area contributed by atoms with E-state index in [0.717, 1.165) is 0 Å². The molecule has 0 N–H and O–H groups in total. The van der Waals surface area contributed by atoms with Gasteiger partial charge in [-0.05, 0) is 32.9 Å². The molecule has 16 heavy (non-hydrogen) atoms. The molecule has 4 heteroatoms. The van der Waals surface area contributed by atoms with Gasteiger partial charge in [-0.3, -0.25) is 4.84 Å². The van der Waals surface area contributed by atoms with E-state index >= 15 is 0 Å². The van der Waals surface area contributed by atoms with Gasteiger partial charge < -0.3 is 4.74 Å². The lowest BCUT2D eigenvalue weighted by Crippen LogP contribution is -2.34. The number of hydrogen-bond acceptors (Lipinski definition) is 3. The van der Waals surface area contributed by atoms with Crippen molar-refractivity contribution in [3.8, 4) is 0 Å². The zero-order valence-corrected chi connectivity index (χ0v) is 9.84. The molecule has 0 saturated heterocycles. The highest BCUT2D eigenvalue weighted by atomic mass is 16.7. The molecule has 1 amide bonds. The molecule has 0 bridgehead atoms. The number of nitrogens with zero attached hydrogens (tertiary/aromatic N) is 1. The molecular weight excluding hydrogens is 206 g/mol. The lowest BCUT2D eigenvalue weighted by atomic mass is 10.3. The molecule has 0 saturated carbocycles. The number of hydroxylamine groups is 1. The van der Waals surface area contributed by atoms with Gasteiger partial charge in [0.15, 0.2) is 0 Å². The van der Waals surface area contributed by atoms with Crippen LogP contribution in [-0.2, 0) is 9.57 Å². The Balaban J connectivity index is 2.83. The number of carbonyl (C=O) groups excluding carboxylic acids is 1. The second-order valence-corrected chi connectivity index (χ2v) is 3.48. The highest BCUT2D eigenvalue weighted by Crippen LogP contribution is 2.16. The minimum Gasteiger partial charge on any atom is -0.448 e. The maximum atomic E-state index is 11.7. The number of rotatable bonds is 4. The van der Waals surface area contributed by atoms with Gasteiger partial charge in [0.1, 0.15) is 0 Å². The van der Waals surface area contributed by atoms with Crippen molar-refractivity contribution in [3.05, 3.63) is 30.3 Å². The maximum absolute atomic E-state index is 11.7. The van der Waals surface area contributed by atoms with Crippen molar-refractivity contribution < 1.29 is 14.4 Å². The van der Waals surface area contributed by atoms with Gasteiger partial charge in [-0.25, -0.2) is 4.79 Å². The summed E-state index contributed by atoms with van der Waals surface area (Å²) >= 11 is 0. The maximum Gasteiger partial charge on any atom is 0.438 e. The first-order valence-corrected chi connectivity index (χ1v) is 5.33. The number of anilines is 1. The van der Waals surface area contributed by atoms with Gasteiger partial charge in [0.05, 0.1) is 18.4 Å². The van der Waals surface area contributed by atoms with Crippen LogP contribution in [0.2, 0.25) is 0 Å². The van der Waals surface area contributed by atoms with E-state index in [-0.39, 0.29) is 6.10 Å². The van der Waals surface area contributed by atoms with Crippen molar-refractivity contribution in [2.24, 2.45) is 0 Å². The van der Waals surface area contributed by atoms with Crippen molar-refractivity contribution in [2.45, 2.75) is 26.9 Å². The molecule has 0 radical (unpaired) electrons. The number of hydrogen-bond donors (Lipinski definition) is 0. The Labute approximate surface area is 95.7 Å². The van der Waals surface area contributed by atoms with E-state index in [1.165, 1.54) is 5.06 Å². The van der Waals surface area contributed by atoms with Crippen molar-refractivity contribution in [2.75, 3.05) is 11.7 Å². The number of ether oxygens (including phenoxy) is 1. The van der Waals surface area contributed by atoms with Crippen LogP contribution >= 0.6 is 0 Å². The highest BCUT2D eigenvalue weighted by Gasteiger charge is 2.18. The Morgan fingerprint density at radius 3 is 2.44 bits per heavy atom. The van der Waals surface area contributed by atoms with E-state index in [4.69, 9.17) is 9.57 Å². The van der Waals surface area contributed by atoms with Crippen LogP contribution in [0.1, 0.15) is 20.8 Å². The van der Waals surface area contributed by atoms with Gasteiger partial charge in [-0.15, -0.1) is 0 Å². The summed E-state index contributed by atoms with van der Waals surface area (Å²) in [4.78, 5) is 17.1. The Hall–Kier alpha value is -1.55. The van der Waals surface area contributed by atoms with Crippen LogP contribution in [0, 0.1) is 0 Å². The van der Waals surface area contributed by atoms with Crippen LogP contribution < -0.4 is 5.06 Å². The minimum absolute atomic E-state index is 0.0930. The predicted octanol–water partition coefficient (Wildman–Crippen LogP) is 2.99. The van der Waals surface area contributed by atoms with Crippen LogP contribution in [0.25, 0.3) is 0 Å². The minimum atomic E-state index is -0.498. The Morgan fingerprint density at radius 1 is 1.31 bits per heavy atom. The average molecular weight is 223 g/mol. The summed E-state index contributed by atoms with van der Waals surface area (Å²) in [6.45, 7) is 5.80. The van der Waals surface area contributed by atoms with E-state index in [0.29, 0.717) is 12.3 Å². The smallest absolute Gasteiger partial charge is 0.438 e. The first-order chi connectivity index (χ1) is 7.65. The SMILES string of the molecule is CCOC(=O)N(OC(C)C)c1ccccc1. The first-order valence-electron chi connectivity index (χ1n) is 5.33. The Kier molecular flexibility index (Phi) is 4.79. The van der Waals surface area contributed by atoms with E-state index in [9.17, 15) is 4.79 Å². The van der Waals surface area contributed by atoms with Gasteiger partial charge in [0, 0.05) is 0 Å². The molecule has 0 aliphatic heterocycles. The molecule has 1 rings (SSSR count). The topological polar surface area (TPSA) is 38.8 Å². The molecule has 0 unspecified atom stereocenters. The summed E-state index contributed by atoms with van der Waals surface area (Å²) in [7, 11) is 0. The van der Waals surface area contributed by atoms with Gasteiger partial charge in [-0.2, -0.15) is 5.06 Å². The van der Waals surface area contributed by atoms with E-state index < -0.39 is 6.09 Å². The summed E-state index contributed by atoms with van der Waals surface area (Å²) in [5, 5.41) is 1.17. The molecule has 0 atom stereocenters. The lowest BCUT2D eigenvalue weighted by Gasteiger charge is -2.22. The summed E-state index contributed by atoms with van der Waals surface area (Å²) in [6.07, 6.45) is -0.591. The third kappa shape index (κ3) is 3.55. The molecule has 1 aromatic rings. The zero-order chi connectivity index (χ0) is 12.0. The molecule has 0 aliphatic rings. The molecule has 0 aliphatic carbocycles. The van der Waals surface area contributed by atoms with Crippen LogP contribution in [0.5, 0.6) is 0 Å². The molecule has 0 fully saturated rings. The predicted molar refractivity (Wildman–Crippen MR) is 62.2 cm³/mol. The number of carbonyl (C=O) groups is 1. The molecule has 88 valence electrons. The monoisotopic (exact) mass is 223 g/mol. The second kappa shape index (κ2) is 6.12. The third-order valence-corrected chi connectivity index (χ3v) is 1.74. The van der Waals surface area contributed by atoms with Gasteiger partial charge in [-0.1, -0.05) is 18.2 Å². The fourth-order valence-corrected chi connectivity index (χ4v) is 1.17. The van der Waals surface area contributed by atoms with E-state index in [1.54, 1.807) is 19.1 Å². The van der Waals surface area contributed by atoms with E-state index in [2.05, 4.69) is 0 Å². The van der Waals surface area contributed by atoms with Gasteiger partial charge in [0.25, 0.3) is 0 Å². The van der Waals surface area contributed by atoms with Gasteiger partial charge >= 0.3 is 6.09 Å². The lowest BCUT2D eigenvalue weighted by molar-refractivity contribution is 0.0434. The largest absolute Gasteiger partial charge is 0.448 e. The Bertz CT molecular complexity index is 324. The zero-order valence-electron chi connectivity index (χ0n) is 9.84. The Morgan fingerprint density at radius 2 is 1.94 bits per heavy atom. The van der Waals surface area contributed by atoms with Crippen LogP contribution in [-0.4, -0.2) is 18.8 Å². The summed E-state index contributed by atoms with van der Waals surface area (Å²) in [6, 6.07) is 9.14. The number of para-hydroxylation sites is 1. The molecule has 4 nitrogen and oxygen atoms in total. The summed E-state index contributed by atoms with van der Waals surface area (Å²) in [5.74, 6) is 0. The standard InChI is InChI=1S/C12H17NO3/c1-4-15-12(14)13(16-10(2)3)11-8-6-5-7-9-11/h5-10H,4H2,1-3H3. The van der Waals surface area contributed by atoms with Gasteiger partial charge in [0.2, 0.25) is 0 Å². The van der Waals surface area contributed by atoms with Crippen molar-refractivity contribution in [1.82, 2.24) is 0 Å². The molecular formula is C12H17NO3. The first kappa shape index (κ1) is 12.5. The highest BCUT2D eigenvalue weighted by molar-refractivity contribution is 5.85. The normalized spacial score (nSPS) is 10.2.